The van der Waals surface area contributed by atoms with Crippen LogP contribution in [0.3, 0.4) is 0 Å². The summed E-state index contributed by atoms with van der Waals surface area (Å²) in [4.78, 5) is 0. The fourth-order valence-corrected chi connectivity index (χ4v) is 3.51. The smallest absolute Gasteiger partial charge is 0.135 e. The van der Waals surface area contributed by atoms with Gasteiger partial charge in [0.05, 0.1) is 12.2 Å². The fourth-order valence-electron chi connectivity index (χ4n) is 3.51. The van der Waals surface area contributed by atoms with Crippen LogP contribution in [-0.2, 0) is 0 Å². The molecule has 30 heavy (non-hydrogen) atoms. The zero-order chi connectivity index (χ0) is 21.3. The van der Waals surface area contributed by atoms with Gasteiger partial charge in [0, 0.05) is 21.5 Å². The maximum Gasteiger partial charge on any atom is 0.135 e. The summed E-state index contributed by atoms with van der Waals surface area (Å²) >= 11 is 0. The molecule has 158 valence electrons. The SMILES string of the molecule is C=CCCC(O)COc1c2ccccc2c(OCC(O)CCC=C)c2ccccc12. The van der Waals surface area contributed by atoms with E-state index in [9.17, 15) is 10.2 Å². The number of aliphatic hydroxyl groups is 2. The topological polar surface area (TPSA) is 58.9 Å². The first-order valence-electron chi connectivity index (χ1n) is 10.4. The second kappa shape index (κ2) is 10.8. The first-order chi connectivity index (χ1) is 14.7. The van der Waals surface area contributed by atoms with Crippen LogP contribution in [0, 0.1) is 0 Å². The van der Waals surface area contributed by atoms with Crippen molar-refractivity contribution in [3.63, 3.8) is 0 Å². The van der Waals surface area contributed by atoms with E-state index in [2.05, 4.69) is 13.2 Å². The van der Waals surface area contributed by atoms with Crippen molar-refractivity contribution >= 4 is 21.5 Å². The molecule has 0 aliphatic carbocycles. The molecular formula is C26H30O4. The minimum absolute atomic E-state index is 0.211. The third-order valence-corrected chi connectivity index (χ3v) is 5.08. The highest BCUT2D eigenvalue weighted by Gasteiger charge is 2.17. The molecule has 3 rings (SSSR count). The Morgan fingerprint density at radius 3 is 1.30 bits per heavy atom. The number of fused-ring (bicyclic) bond motifs is 2. The van der Waals surface area contributed by atoms with E-state index in [-0.39, 0.29) is 13.2 Å². The average molecular weight is 407 g/mol. The van der Waals surface area contributed by atoms with Crippen molar-refractivity contribution in [2.45, 2.75) is 37.9 Å². The molecule has 0 spiro atoms. The molecule has 0 fully saturated rings. The van der Waals surface area contributed by atoms with Gasteiger partial charge in [0.2, 0.25) is 0 Å². The predicted molar refractivity (Wildman–Crippen MR) is 123 cm³/mol. The molecule has 2 unspecified atom stereocenters. The van der Waals surface area contributed by atoms with Crippen LogP contribution in [0.5, 0.6) is 11.5 Å². The molecule has 2 N–H and O–H groups in total. The third kappa shape index (κ3) is 5.21. The van der Waals surface area contributed by atoms with Gasteiger partial charge < -0.3 is 19.7 Å². The summed E-state index contributed by atoms with van der Waals surface area (Å²) < 4.78 is 12.2. The Morgan fingerprint density at radius 1 is 0.667 bits per heavy atom. The van der Waals surface area contributed by atoms with Gasteiger partial charge in [-0.2, -0.15) is 0 Å². The summed E-state index contributed by atoms with van der Waals surface area (Å²) in [6.45, 7) is 7.82. The van der Waals surface area contributed by atoms with Crippen LogP contribution in [0.15, 0.2) is 73.8 Å². The molecule has 4 nitrogen and oxygen atoms in total. The van der Waals surface area contributed by atoms with Gasteiger partial charge in [-0.25, -0.2) is 0 Å². The molecule has 0 aliphatic rings. The van der Waals surface area contributed by atoms with E-state index in [0.29, 0.717) is 12.8 Å². The van der Waals surface area contributed by atoms with E-state index in [1.165, 1.54) is 0 Å². The summed E-state index contributed by atoms with van der Waals surface area (Å²) in [6.07, 6.45) is 5.19. The minimum atomic E-state index is -0.559. The average Bonchev–Trinajstić information content (AvgIpc) is 2.78. The Morgan fingerprint density at radius 2 is 1.00 bits per heavy atom. The number of benzene rings is 3. The predicted octanol–water partition coefficient (Wildman–Crippen LogP) is 5.40. The molecule has 0 aliphatic heterocycles. The lowest BCUT2D eigenvalue weighted by molar-refractivity contribution is 0.101. The van der Waals surface area contributed by atoms with E-state index in [0.717, 1.165) is 45.9 Å². The summed E-state index contributed by atoms with van der Waals surface area (Å²) in [5.74, 6) is 1.47. The molecule has 0 heterocycles. The Labute approximate surface area is 178 Å². The van der Waals surface area contributed by atoms with E-state index < -0.39 is 12.2 Å². The van der Waals surface area contributed by atoms with Crippen LogP contribution in [0.25, 0.3) is 21.5 Å². The Kier molecular flexibility index (Phi) is 7.89. The highest BCUT2D eigenvalue weighted by atomic mass is 16.5. The van der Waals surface area contributed by atoms with E-state index >= 15 is 0 Å². The lowest BCUT2D eigenvalue weighted by atomic mass is 10.0. The molecule has 3 aromatic rings. The van der Waals surface area contributed by atoms with Crippen molar-refractivity contribution in [3.05, 3.63) is 73.8 Å². The van der Waals surface area contributed by atoms with Crippen LogP contribution < -0.4 is 9.47 Å². The van der Waals surface area contributed by atoms with Crippen molar-refractivity contribution in [2.75, 3.05) is 13.2 Å². The monoisotopic (exact) mass is 406 g/mol. The molecule has 3 aromatic carbocycles. The third-order valence-electron chi connectivity index (χ3n) is 5.08. The van der Waals surface area contributed by atoms with Crippen molar-refractivity contribution in [3.8, 4) is 11.5 Å². The molecule has 0 saturated carbocycles. The number of allylic oxidation sites excluding steroid dienone is 2. The molecule has 0 bridgehead atoms. The Hall–Kier alpha value is -2.82. The van der Waals surface area contributed by atoms with Gasteiger partial charge in [-0.3, -0.25) is 0 Å². The number of hydrogen-bond donors (Lipinski definition) is 2. The summed E-state index contributed by atoms with van der Waals surface area (Å²) in [7, 11) is 0. The van der Waals surface area contributed by atoms with Gasteiger partial charge >= 0.3 is 0 Å². The number of rotatable bonds is 12. The Balaban J connectivity index is 1.97. The fraction of sp³-hybridized carbons (Fsp3) is 0.308. The van der Waals surface area contributed by atoms with E-state index in [4.69, 9.17) is 9.47 Å². The quantitative estimate of drug-likeness (QED) is 0.312. The summed E-state index contributed by atoms with van der Waals surface area (Å²) in [6, 6.07) is 15.8. The normalized spacial score (nSPS) is 13.1. The van der Waals surface area contributed by atoms with Gasteiger partial charge in [0.1, 0.15) is 24.7 Å². The number of aliphatic hydroxyl groups excluding tert-OH is 2. The maximum absolute atomic E-state index is 10.2. The minimum Gasteiger partial charge on any atom is -0.490 e. The van der Waals surface area contributed by atoms with Crippen molar-refractivity contribution < 1.29 is 19.7 Å². The summed E-state index contributed by atoms with van der Waals surface area (Å²) in [5.41, 5.74) is 0. The zero-order valence-corrected chi connectivity index (χ0v) is 17.3. The van der Waals surface area contributed by atoms with E-state index in [1.54, 1.807) is 12.2 Å². The molecule has 4 heteroatoms. The maximum atomic E-state index is 10.2. The van der Waals surface area contributed by atoms with Gasteiger partial charge in [0.25, 0.3) is 0 Å². The van der Waals surface area contributed by atoms with E-state index in [1.807, 2.05) is 48.5 Å². The molecule has 0 saturated heterocycles. The van der Waals surface area contributed by atoms with Gasteiger partial charge in [-0.1, -0.05) is 60.7 Å². The lowest BCUT2D eigenvalue weighted by Gasteiger charge is -2.20. The van der Waals surface area contributed by atoms with Crippen molar-refractivity contribution in [2.24, 2.45) is 0 Å². The standard InChI is InChI=1S/C26H30O4/c1-3-5-11-19(27)17-29-25-21-13-7-9-15-23(21)26(24-16-10-8-14-22(24)25)30-18-20(28)12-6-4-2/h3-4,7-10,13-16,19-20,27-28H,1-2,5-6,11-12,17-18H2. The van der Waals surface area contributed by atoms with Crippen LogP contribution in [0.4, 0.5) is 0 Å². The van der Waals surface area contributed by atoms with Crippen LogP contribution in [-0.4, -0.2) is 35.6 Å². The Bertz CT molecular complexity index is 858. The molecule has 2 atom stereocenters. The molecule has 0 aromatic heterocycles. The highest BCUT2D eigenvalue weighted by Crippen LogP contribution is 2.42. The largest absolute Gasteiger partial charge is 0.490 e. The van der Waals surface area contributed by atoms with Gasteiger partial charge in [-0.15, -0.1) is 13.2 Å². The van der Waals surface area contributed by atoms with Crippen LogP contribution in [0.2, 0.25) is 0 Å². The second-order valence-corrected chi connectivity index (χ2v) is 7.41. The molecular weight excluding hydrogens is 376 g/mol. The zero-order valence-electron chi connectivity index (χ0n) is 17.3. The van der Waals surface area contributed by atoms with Crippen molar-refractivity contribution in [1.29, 1.82) is 0 Å². The van der Waals surface area contributed by atoms with Crippen LogP contribution >= 0.6 is 0 Å². The van der Waals surface area contributed by atoms with Gasteiger partial charge in [0.15, 0.2) is 0 Å². The first kappa shape index (κ1) is 21.9. The van der Waals surface area contributed by atoms with Crippen molar-refractivity contribution in [1.82, 2.24) is 0 Å². The summed E-state index contributed by atoms with van der Waals surface area (Å²) in [5, 5.41) is 24.1. The highest BCUT2D eigenvalue weighted by molar-refractivity contribution is 6.11. The number of ether oxygens (including phenoxy) is 2. The lowest BCUT2D eigenvalue weighted by Crippen LogP contribution is -2.18. The number of hydrogen-bond acceptors (Lipinski definition) is 4. The van der Waals surface area contributed by atoms with Crippen LogP contribution in [0.1, 0.15) is 25.7 Å². The second-order valence-electron chi connectivity index (χ2n) is 7.41. The molecule has 0 radical (unpaired) electrons. The van der Waals surface area contributed by atoms with Gasteiger partial charge in [-0.05, 0) is 25.7 Å². The molecule has 0 amide bonds. The first-order valence-corrected chi connectivity index (χ1v) is 10.4.